The van der Waals surface area contributed by atoms with Crippen molar-refractivity contribution >= 4 is 22.6 Å². The molecule has 1 aromatic heterocycles. The summed E-state index contributed by atoms with van der Waals surface area (Å²) in [6.45, 7) is 4.13. The highest BCUT2D eigenvalue weighted by Crippen LogP contribution is 2.30. The van der Waals surface area contributed by atoms with Crippen LogP contribution in [0, 0.1) is 13.8 Å². The molecule has 2 N–H and O–H groups in total. The molecule has 0 aliphatic carbocycles. The molecule has 0 amide bonds. The van der Waals surface area contributed by atoms with E-state index in [1.807, 2.05) is 24.3 Å². The lowest BCUT2D eigenvalue weighted by Gasteiger charge is -2.13. The lowest BCUT2D eigenvalue weighted by atomic mass is 9.98. The maximum atomic E-state index is 6.36. The molecule has 3 heteroatoms. The number of hydrogen-bond acceptors (Lipinski definition) is 2. The van der Waals surface area contributed by atoms with Crippen molar-refractivity contribution in [3.8, 4) is 0 Å². The Morgan fingerprint density at radius 1 is 1.05 bits per heavy atom. The summed E-state index contributed by atoms with van der Waals surface area (Å²) in [5, 5.41) is 1.68. The van der Waals surface area contributed by atoms with Crippen molar-refractivity contribution in [2.45, 2.75) is 19.9 Å². The maximum absolute atomic E-state index is 6.36. The summed E-state index contributed by atoms with van der Waals surface area (Å²) in [5.41, 5.74) is 10.6. The molecule has 0 saturated carbocycles. The molecular formula is C17H16ClNO. The number of fused-ring (bicyclic) bond motifs is 1. The molecule has 20 heavy (non-hydrogen) atoms. The Bertz CT molecular complexity index is 776. The predicted octanol–water partition coefficient (Wildman–Crippen LogP) is 4.75. The van der Waals surface area contributed by atoms with Crippen LogP contribution in [0.3, 0.4) is 0 Å². The van der Waals surface area contributed by atoms with E-state index in [0.717, 1.165) is 22.3 Å². The summed E-state index contributed by atoms with van der Waals surface area (Å²) in [7, 11) is 0. The van der Waals surface area contributed by atoms with Crippen molar-refractivity contribution in [2.24, 2.45) is 5.73 Å². The van der Waals surface area contributed by atoms with Crippen LogP contribution < -0.4 is 5.73 Å². The molecule has 3 rings (SSSR count). The quantitative estimate of drug-likeness (QED) is 0.738. The highest BCUT2D eigenvalue weighted by atomic mass is 35.5. The molecule has 102 valence electrons. The fourth-order valence-electron chi connectivity index (χ4n) is 2.44. The summed E-state index contributed by atoms with van der Waals surface area (Å²) < 4.78 is 5.85. The molecule has 1 unspecified atom stereocenters. The molecule has 3 aromatic rings. The van der Waals surface area contributed by atoms with Crippen LogP contribution in [0.15, 0.2) is 46.9 Å². The van der Waals surface area contributed by atoms with Gasteiger partial charge in [0.2, 0.25) is 0 Å². The first-order valence-electron chi connectivity index (χ1n) is 6.56. The van der Waals surface area contributed by atoms with Gasteiger partial charge < -0.3 is 10.2 Å². The van der Waals surface area contributed by atoms with Gasteiger partial charge in [0.15, 0.2) is 0 Å². The summed E-state index contributed by atoms with van der Waals surface area (Å²) in [5.74, 6) is 0.760. The zero-order chi connectivity index (χ0) is 14.3. The molecule has 0 saturated heterocycles. The molecule has 0 bridgehead atoms. The topological polar surface area (TPSA) is 39.2 Å². The number of benzene rings is 2. The van der Waals surface area contributed by atoms with Crippen LogP contribution in [0.1, 0.15) is 28.5 Å². The second kappa shape index (κ2) is 4.97. The zero-order valence-electron chi connectivity index (χ0n) is 11.5. The maximum Gasteiger partial charge on any atom is 0.134 e. The first kappa shape index (κ1) is 13.2. The average Bonchev–Trinajstić information content (AvgIpc) is 2.83. The molecular weight excluding hydrogens is 270 g/mol. The third-order valence-electron chi connectivity index (χ3n) is 3.57. The monoisotopic (exact) mass is 285 g/mol. The lowest BCUT2D eigenvalue weighted by Crippen LogP contribution is -2.12. The molecule has 1 heterocycles. The van der Waals surface area contributed by atoms with Crippen LogP contribution in [-0.2, 0) is 0 Å². The van der Waals surface area contributed by atoms with E-state index in [4.69, 9.17) is 21.8 Å². The Kier molecular flexibility index (Phi) is 3.28. The Hall–Kier alpha value is -1.77. The van der Waals surface area contributed by atoms with Crippen molar-refractivity contribution in [3.63, 3.8) is 0 Å². The number of rotatable bonds is 2. The van der Waals surface area contributed by atoms with E-state index in [9.17, 15) is 0 Å². The summed E-state index contributed by atoms with van der Waals surface area (Å²) in [4.78, 5) is 0. The van der Waals surface area contributed by atoms with E-state index in [-0.39, 0.29) is 6.04 Å². The van der Waals surface area contributed by atoms with Gasteiger partial charge in [-0.15, -0.1) is 0 Å². The van der Waals surface area contributed by atoms with Gasteiger partial charge in [0.25, 0.3) is 0 Å². The minimum Gasteiger partial charge on any atom is -0.459 e. The molecule has 0 aliphatic heterocycles. The molecule has 0 fully saturated rings. The van der Waals surface area contributed by atoms with Gasteiger partial charge in [0, 0.05) is 10.4 Å². The van der Waals surface area contributed by atoms with Gasteiger partial charge in [-0.25, -0.2) is 0 Å². The Balaban J connectivity index is 2.07. The van der Waals surface area contributed by atoms with Crippen molar-refractivity contribution in [1.82, 2.24) is 0 Å². The number of halogens is 1. The van der Waals surface area contributed by atoms with E-state index in [1.54, 1.807) is 0 Å². The predicted molar refractivity (Wildman–Crippen MR) is 83.2 cm³/mol. The van der Waals surface area contributed by atoms with E-state index in [0.29, 0.717) is 5.02 Å². The first-order chi connectivity index (χ1) is 9.54. The van der Waals surface area contributed by atoms with Crippen LogP contribution in [0.5, 0.6) is 0 Å². The normalized spacial score (nSPS) is 12.8. The fourth-order valence-corrected chi connectivity index (χ4v) is 2.62. The molecule has 2 nitrogen and oxygen atoms in total. The third-order valence-corrected chi connectivity index (χ3v) is 3.81. The number of nitrogens with two attached hydrogens (primary N) is 1. The Morgan fingerprint density at radius 3 is 2.65 bits per heavy atom. The number of aryl methyl sites for hydroxylation is 2. The number of hydrogen-bond donors (Lipinski definition) is 1. The van der Waals surface area contributed by atoms with Gasteiger partial charge in [-0.05, 0) is 49.2 Å². The summed E-state index contributed by atoms with van der Waals surface area (Å²) in [6, 6.07) is 13.6. The minimum absolute atomic E-state index is 0.263. The van der Waals surface area contributed by atoms with Crippen LogP contribution in [0.2, 0.25) is 5.02 Å². The van der Waals surface area contributed by atoms with E-state index in [2.05, 4.69) is 32.0 Å². The third kappa shape index (κ3) is 2.33. The number of furan rings is 1. The molecule has 0 spiro atoms. The highest BCUT2D eigenvalue weighted by molar-refractivity contribution is 6.31. The second-order valence-corrected chi connectivity index (χ2v) is 5.61. The molecule has 0 aliphatic rings. The van der Waals surface area contributed by atoms with Gasteiger partial charge in [-0.2, -0.15) is 0 Å². The van der Waals surface area contributed by atoms with E-state index < -0.39 is 0 Å². The van der Waals surface area contributed by atoms with Crippen LogP contribution in [-0.4, -0.2) is 0 Å². The van der Waals surface area contributed by atoms with Crippen molar-refractivity contribution < 1.29 is 4.42 Å². The van der Waals surface area contributed by atoms with Crippen molar-refractivity contribution in [1.29, 1.82) is 0 Å². The van der Waals surface area contributed by atoms with Gasteiger partial charge in [0.1, 0.15) is 11.3 Å². The fraction of sp³-hybridized carbons (Fsp3) is 0.176. The molecule has 1 atom stereocenters. The van der Waals surface area contributed by atoms with Gasteiger partial charge >= 0.3 is 0 Å². The molecule has 0 radical (unpaired) electrons. The van der Waals surface area contributed by atoms with E-state index in [1.165, 1.54) is 11.1 Å². The smallest absolute Gasteiger partial charge is 0.134 e. The summed E-state index contributed by atoms with van der Waals surface area (Å²) in [6.07, 6.45) is 0. The highest BCUT2D eigenvalue weighted by Gasteiger charge is 2.16. The average molecular weight is 286 g/mol. The Morgan fingerprint density at radius 2 is 1.85 bits per heavy atom. The van der Waals surface area contributed by atoms with E-state index >= 15 is 0 Å². The van der Waals surface area contributed by atoms with Crippen LogP contribution in [0.4, 0.5) is 0 Å². The van der Waals surface area contributed by atoms with Crippen LogP contribution in [0.25, 0.3) is 11.0 Å². The van der Waals surface area contributed by atoms with Crippen molar-refractivity contribution in [2.75, 3.05) is 0 Å². The Labute approximate surface area is 123 Å². The van der Waals surface area contributed by atoms with Crippen molar-refractivity contribution in [3.05, 3.63) is 69.9 Å². The van der Waals surface area contributed by atoms with Gasteiger partial charge in [-0.1, -0.05) is 35.4 Å². The van der Waals surface area contributed by atoms with Gasteiger partial charge in [0.05, 0.1) is 6.04 Å². The lowest BCUT2D eigenvalue weighted by molar-refractivity contribution is 0.524. The van der Waals surface area contributed by atoms with Gasteiger partial charge in [-0.3, -0.25) is 0 Å². The van der Waals surface area contributed by atoms with Crippen LogP contribution >= 0.6 is 11.6 Å². The standard InChI is InChI=1S/C17H16ClNO/c1-10-3-4-11(2)14(7-10)17(19)16-9-12-8-13(18)5-6-15(12)20-16/h3-9,17H,19H2,1-2H3. The summed E-state index contributed by atoms with van der Waals surface area (Å²) >= 11 is 6.00. The second-order valence-electron chi connectivity index (χ2n) is 5.17. The zero-order valence-corrected chi connectivity index (χ0v) is 12.2. The molecule has 2 aromatic carbocycles. The largest absolute Gasteiger partial charge is 0.459 e. The SMILES string of the molecule is Cc1ccc(C)c(C(N)c2cc3cc(Cl)ccc3o2)c1. The first-order valence-corrected chi connectivity index (χ1v) is 6.94. The minimum atomic E-state index is -0.263.